The van der Waals surface area contributed by atoms with E-state index in [0.29, 0.717) is 12.5 Å². The van der Waals surface area contributed by atoms with E-state index in [9.17, 15) is 5.11 Å². The Bertz CT molecular complexity index is 607. The fourth-order valence-electron chi connectivity index (χ4n) is 2.81. The van der Waals surface area contributed by atoms with Crippen molar-refractivity contribution in [3.05, 3.63) is 29.8 Å². The summed E-state index contributed by atoms with van der Waals surface area (Å²) in [6, 6.07) is 7.10. The molecule has 1 aromatic rings. The smallest absolute Gasteiger partial charge is 0.200 e. The molecule has 0 aromatic heterocycles. The predicted molar refractivity (Wildman–Crippen MR) is 108 cm³/mol. The Balaban J connectivity index is 1.85. The van der Waals surface area contributed by atoms with Crippen molar-refractivity contribution < 1.29 is 5.11 Å². The van der Waals surface area contributed by atoms with E-state index in [1.54, 1.807) is 12.1 Å². The number of hydrogen-bond acceptors (Lipinski definition) is 3. The molecule has 0 saturated carbocycles. The van der Waals surface area contributed by atoms with Crippen LogP contribution in [0.2, 0.25) is 0 Å². The Labute approximate surface area is 157 Å². The second-order valence-electron chi connectivity index (χ2n) is 7.33. The van der Waals surface area contributed by atoms with E-state index in [0.717, 1.165) is 24.5 Å². The first-order valence-electron chi connectivity index (χ1n) is 9.69. The van der Waals surface area contributed by atoms with E-state index in [1.807, 2.05) is 12.1 Å². The van der Waals surface area contributed by atoms with E-state index in [1.165, 1.54) is 32.1 Å². The standard InChI is InChI=1S/C20H33N5O/c1-4-5-6-7-8-9-14-21-18-23-19(25-20(2,3)24-18)22-15-16-10-12-17(26)13-11-16/h10-13,26H,4-9,14-15H2,1-3H3,(H3,21,22,23,24,25). The van der Waals surface area contributed by atoms with E-state index >= 15 is 0 Å². The molecule has 0 unspecified atom stereocenters. The summed E-state index contributed by atoms with van der Waals surface area (Å²) in [6.07, 6.45) is 7.59. The minimum absolute atomic E-state index is 0.268. The molecular formula is C20H33N5O. The molecule has 0 amide bonds. The van der Waals surface area contributed by atoms with Gasteiger partial charge in [-0.05, 0) is 38.0 Å². The number of phenols is 1. The minimum Gasteiger partial charge on any atom is -0.508 e. The second kappa shape index (κ2) is 10.0. The third-order valence-electron chi connectivity index (χ3n) is 4.24. The van der Waals surface area contributed by atoms with Crippen LogP contribution in [0.1, 0.15) is 64.9 Å². The summed E-state index contributed by atoms with van der Waals surface area (Å²) < 4.78 is 0. The highest BCUT2D eigenvalue weighted by Crippen LogP contribution is 2.11. The Hall–Kier alpha value is -2.24. The van der Waals surface area contributed by atoms with Crippen molar-refractivity contribution >= 4 is 11.9 Å². The van der Waals surface area contributed by atoms with E-state index < -0.39 is 0 Å². The van der Waals surface area contributed by atoms with Crippen molar-refractivity contribution in [2.45, 2.75) is 71.5 Å². The quantitative estimate of drug-likeness (QED) is 0.509. The van der Waals surface area contributed by atoms with Gasteiger partial charge >= 0.3 is 0 Å². The number of aliphatic imine (C=N–C) groups is 2. The first-order chi connectivity index (χ1) is 12.5. The zero-order valence-electron chi connectivity index (χ0n) is 16.3. The summed E-state index contributed by atoms with van der Waals surface area (Å²) >= 11 is 0. The number of nitrogens with one attached hydrogen (secondary N) is 3. The van der Waals surface area contributed by atoms with Gasteiger partial charge < -0.3 is 15.7 Å². The van der Waals surface area contributed by atoms with Crippen LogP contribution >= 0.6 is 0 Å². The first-order valence-corrected chi connectivity index (χ1v) is 9.69. The molecule has 1 aliphatic heterocycles. The lowest BCUT2D eigenvalue weighted by Crippen LogP contribution is -2.68. The van der Waals surface area contributed by atoms with Crippen LogP contribution in [-0.4, -0.2) is 29.2 Å². The average Bonchev–Trinajstić information content (AvgIpc) is 2.59. The largest absolute Gasteiger partial charge is 0.508 e. The molecule has 1 aliphatic rings. The number of hydrogen-bond donors (Lipinski definition) is 4. The maximum Gasteiger partial charge on any atom is 0.200 e. The van der Waals surface area contributed by atoms with Crippen molar-refractivity contribution in [3.63, 3.8) is 0 Å². The monoisotopic (exact) mass is 359 g/mol. The maximum absolute atomic E-state index is 9.36. The molecule has 0 bridgehead atoms. The molecule has 1 heterocycles. The van der Waals surface area contributed by atoms with Crippen molar-refractivity contribution in [2.75, 3.05) is 6.54 Å². The summed E-state index contributed by atoms with van der Waals surface area (Å²) in [5, 5.41) is 19.3. The van der Waals surface area contributed by atoms with Gasteiger partial charge in [0.2, 0.25) is 0 Å². The highest BCUT2D eigenvalue weighted by atomic mass is 16.3. The van der Waals surface area contributed by atoms with Gasteiger partial charge in [0, 0.05) is 6.54 Å². The lowest BCUT2D eigenvalue weighted by Gasteiger charge is -2.36. The molecule has 144 valence electrons. The summed E-state index contributed by atoms with van der Waals surface area (Å²) in [5.74, 6) is 1.75. The zero-order chi connectivity index (χ0) is 18.8. The molecule has 1 fully saturated rings. The Morgan fingerprint density at radius 3 is 2.19 bits per heavy atom. The van der Waals surface area contributed by atoms with Crippen LogP contribution in [0.3, 0.4) is 0 Å². The van der Waals surface area contributed by atoms with Crippen LogP contribution in [0.15, 0.2) is 34.3 Å². The van der Waals surface area contributed by atoms with Crippen molar-refractivity contribution in [2.24, 2.45) is 9.98 Å². The van der Waals surface area contributed by atoms with E-state index in [2.05, 4.69) is 46.7 Å². The minimum atomic E-state index is -0.307. The Morgan fingerprint density at radius 1 is 0.885 bits per heavy atom. The first kappa shape index (κ1) is 20.1. The normalized spacial score (nSPS) is 19.0. The predicted octanol–water partition coefficient (Wildman–Crippen LogP) is 3.48. The molecule has 6 heteroatoms. The lowest BCUT2D eigenvalue weighted by atomic mass is 10.1. The SMILES string of the molecule is CCCCCCCCN=C1NC(=NCc2ccc(O)cc2)NC(C)(C)N1. The van der Waals surface area contributed by atoms with Gasteiger partial charge in [-0.2, -0.15) is 0 Å². The lowest BCUT2D eigenvalue weighted by molar-refractivity contribution is 0.403. The van der Waals surface area contributed by atoms with Crippen LogP contribution in [0.5, 0.6) is 5.75 Å². The Morgan fingerprint density at radius 2 is 1.50 bits per heavy atom. The van der Waals surface area contributed by atoms with Gasteiger partial charge in [0.05, 0.1) is 6.54 Å². The van der Waals surface area contributed by atoms with Crippen LogP contribution in [0.4, 0.5) is 0 Å². The van der Waals surface area contributed by atoms with Crippen LogP contribution < -0.4 is 16.0 Å². The van der Waals surface area contributed by atoms with Gasteiger partial charge in [-0.25, -0.2) is 4.99 Å². The third kappa shape index (κ3) is 7.33. The highest BCUT2D eigenvalue weighted by Gasteiger charge is 2.26. The summed E-state index contributed by atoms with van der Waals surface area (Å²) in [4.78, 5) is 9.25. The fraction of sp³-hybridized carbons (Fsp3) is 0.600. The van der Waals surface area contributed by atoms with Crippen molar-refractivity contribution in [1.29, 1.82) is 0 Å². The number of phenolic OH excluding ortho intramolecular Hbond substituents is 1. The molecule has 0 atom stereocenters. The van der Waals surface area contributed by atoms with Crippen LogP contribution in [-0.2, 0) is 6.54 Å². The third-order valence-corrected chi connectivity index (χ3v) is 4.24. The molecule has 0 spiro atoms. The van der Waals surface area contributed by atoms with Crippen molar-refractivity contribution in [1.82, 2.24) is 16.0 Å². The van der Waals surface area contributed by atoms with Crippen LogP contribution in [0.25, 0.3) is 0 Å². The highest BCUT2D eigenvalue weighted by molar-refractivity contribution is 6.01. The summed E-state index contributed by atoms with van der Waals surface area (Å²) in [5.41, 5.74) is 0.736. The number of aromatic hydroxyl groups is 1. The molecule has 0 aliphatic carbocycles. The molecular weight excluding hydrogens is 326 g/mol. The van der Waals surface area contributed by atoms with Gasteiger partial charge in [0.25, 0.3) is 0 Å². The molecule has 2 rings (SSSR count). The number of benzene rings is 1. The number of unbranched alkanes of at least 4 members (excludes halogenated alkanes) is 5. The second-order valence-corrected chi connectivity index (χ2v) is 7.33. The zero-order valence-corrected chi connectivity index (χ0v) is 16.3. The summed E-state index contributed by atoms with van der Waals surface area (Å²) in [7, 11) is 0. The molecule has 1 aromatic carbocycles. The maximum atomic E-state index is 9.36. The van der Waals surface area contributed by atoms with E-state index in [4.69, 9.17) is 0 Å². The molecule has 4 N–H and O–H groups in total. The molecule has 26 heavy (non-hydrogen) atoms. The molecule has 0 radical (unpaired) electrons. The number of rotatable bonds is 9. The van der Waals surface area contributed by atoms with Gasteiger partial charge in [-0.3, -0.25) is 10.3 Å². The van der Waals surface area contributed by atoms with E-state index in [-0.39, 0.29) is 11.4 Å². The van der Waals surface area contributed by atoms with Gasteiger partial charge in [0.1, 0.15) is 11.4 Å². The molecule has 6 nitrogen and oxygen atoms in total. The average molecular weight is 360 g/mol. The molecule has 1 saturated heterocycles. The topological polar surface area (TPSA) is 81.0 Å². The summed E-state index contributed by atoms with van der Waals surface area (Å²) in [6.45, 7) is 7.72. The van der Waals surface area contributed by atoms with Gasteiger partial charge in [0.15, 0.2) is 11.9 Å². The fourth-order valence-corrected chi connectivity index (χ4v) is 2.81. The van der Waals surface area contributed by atoms with Gasteiger partial charge in [-0.1, -0.05) is 51.2 Å². The van der Waals surface area contributed by atoms with Crippen LogP contribution in [0, 0.1) is 0 Å². The van der Waals surface area contributed by atoms with Crippen molar-refractivity contribution in [3.8, 4) is 5.75 Å². The van der Waals surface area contributed by atoms with Gasteiger partial charge in [-0.15, -0.1) is 0 Å². The number of nitrogens with zero attached hydrogens (tertiary/aromatic N) is 2. The Kier molecular flexibility index (Phi) is 7.75. The number of guanidine groups is 2.